The van der Waals surface area contributed by atoms with Gasteiger partial charge in [0.1, 0.15) is 0 Å². The number of rotatable bonds is 6. The number of hydroxylamine groups is 4. The smallest absolute Gasteiger partial charge is 0.230 e. The number of alkyl halides is 2. The first-order valence-corrected chi connectivity index (χ1v) is 13.1. The van der Waals surface area contributed by atoms with Crippen molar-refractivity contribution in [2.24, 2.45) is 0 Å². The van der Waals surface area contributed by atoms with Crippen molar-refractivity contribution in [2.45, 2.75) is 102 Å². The second kappa shape index (κ2) is 8.67. The predicted molar refractivity (Wildman–Crippen MR) is 132 cm³/mol. The molecule has 0 aliphatic carbocycles. The summed E-state index contributed by atoms with van der Waals surface area (Å²) in [5.41, 5.74) is -1.30. The van der Waals surface area contributed by atoms with Gasteiger partial charge in [0.05, 0.1) is 32.0 Å². The van der Waals surface area contributed by atoms with Gasteiger partial charge in [0.15, 0.2) is 0 Å². The minimum atomic E-state index is -0.388. The lowest BCUT2D eigenvalue weighted by Crippen LogP contribution is -2.62. The molecular weight excluding hydrogens is 598 g/mol. The second-order valence-corrected chi connectivity index (χ2v) is 12.0. The number of hydrogen-bond acceptors (Lipinski definition) is 5. The van der Waals surface area contributed by atoms with Crippen molar-refractivity contribution in [1.29, 1.82) is 0 Å². The predicted octanol–water partition coefficient (Wildman–Crippen LogP) is 3.20. The molecule has 0 aromatic heterocycles. The summed E-state index contributed by atoms with van der Waals surface area (Å²) >= 11 is 4.18. The van der Waals surface area contributed by atoms with E-state index in [1.54, 1.807) is 0 Å². The highest BCUT2D eigenvalue weighted by atomic mass is 127. The summed E-state index contributed by atoms with van der Waals surface area (Å²) in [4.78, 5) is 30.8. The minimum absolute atomic E-state index is 0.0110. The van der Waals surface area contributed by atoms with E-state index >= 15 is 0 Å². The Labute approximate surface area is 202 Å². The molecule has 0 aromatic rings. The van der Waals surface area contributed by atoms with Crippen molar-refractivity contribution >= 4 is 57.0 Å². The zero-order valence-corrected chi connectivity index (χ0v) is 23.2. The van der Waals surface area contributed by atoms with Crippen LogP contribution in [-0.4, -0.2) is 65.0 Å². The highest BCUT2D eigenvalue weighted by molar-refractivity contribution is 14.1. The summed E-state index contributed by atoms with van der Waals surface area (Å²) in [7, 11) is 0. The number of carbonyl (C=O) groups excluding carboxylic acids is 2. The third kappa shape index (κ3) is 5.04. The number of nitrogens with zero attached hydrogens (tertiary/aromatic N) is 2. The van der Waals surface area contributed by atoms with Gasteiger partial charge in [-0.05, 0) is 68.2 Å². The third-order valence-electron chi connectivity index (χ3n) is 6.34. The SMILES string of the molecule is CC1(C)CC(NC(=O)CI)C(C)(C)N1ON1C(C)(C)CC(NC(=O)CI)C1(C)C. The van der Waals surface area contributed by atoms with Gasteiger partial charge in [0.25, 0.3) is 0 Å². The number of amides is 2. The second-order valence-electron chi connectivity index (χ2n) is 10.5. The lowest BCUT2D eigenvalue weighted by Gasteiger charge is -2.48. The maximum atomic E-state index is 12.1. The van der Waals surface area contributed by atoms with Gasteiger partial charge in [-0.2, -0.15) is 10.1 Å². The van der Waals surface area contributed by atoms with Crippen LogP contribution in [0.3, 0.4) is 0 Å². The average Bonchev–Trinajstić information content (AvgIpc) is 2.86. The summed E-state index contributed by atoms with van der Waals surface area (Å²) in [5.74, 6) is 0.0921. The van der Waals surface area contributed by atoms with Crippen LogP contribution in [0.4, 0.5) is 0 Å². The molecule has 0 aromatic carbocycles. The number of hydrogen-bond donors (Lipinski definition) is 2. The van der Waals surface area contributed by atoms with E-state index in [0.29, 0.717) is 8.86 Å². The Kier molecular flexibility index (Phi) is 7.63. The zero-order valence-electron chi connectivity index (χ0n) is 18.9. The van der Waals surface area contributed by atoms with Gasteiger partial charge in [0.2, 0.25) is 11.8 Å². The fourth-order valence-electron chi connectivity index (χ4n) is 4.94. The van der Waals surface area contributed by atoms with E-state index < -0.39 is 0 Å². The van der Waals surface area contributed by atoms with Crippen LogP contribution < -0.4 is 10.6 Å². The molecule has 2 rings (SSSR count). The fraction of sp³-hybridized carbons (Fsp3) is 0.900. The Balaban J connectivity index is 2.30. The first-order chi connectivity index (χ1) is 13.1. The topological polar surface area (TPSA) is 73.9 Å². The van der Waals surface area contributed by atoms with E-state index in [4.69, 9.17) is 4.94 Å². The van der Waals surface area contributed by atoms with Gasteiger partial charge >= 0.3 is 0 Å². The summed E-state index contributed by atoms with van der Waals surface area (Å²) < 4.78 is 0.881. The molecule has 2 aliphatic rings. The first-order valence-electron chi connectivity index (χ1n) is 10.1. The summed E-state index contributed by atoms with van der Waals surface area (Å²) in [6, 6.07) is -0.0220. The van der Waals surface area contributed by atoms with Gasteiger partial charge in [-0.25, -0.2) is 4.94 Å². The summed E-state index contributed by atoms with van der Waals surface area (Å²) in [5, 5.41) is 10.4. The van der Waals surface area contributed by atoms with Crippen LogP contribution in [-0.2, 0) is 14.5 Å². The third-order valence-corrected chi connectivity index (χ3v) is 7.72. The molecular formula is C20H36I2N4O3. The molecule has 2 atom stereocenters. The van der Waals surface area contributed by atoms with Crippen molar-refractivity contribution in [3.05, 3.63) is 0 Å². The van der Waals surface area contributed by atoms with Gasteiger partial charge in [-0.15, -0.1) is 0 Å². The van der Waals surface area contributed by atoms with Gasteiger partial charge in [-0.3, -0.25) is 9.59 Å². The highest BCUT2D eigenvalue weighted by Gasteiger charge is 2.59. The van der Waals surface area contributed by atoms with Crippen molar-refractivity contribution < 1.29 is 14.5 Å². The van der Waals surface area contributed by atoms with Crippen LogP contribution in [0, 0.1) is 0 Å². The van der Waals surface area contributed by atoms with Crippen LogP contribution in [0.25, 0.3) is 0 Å². The lowest BCUT2D eigenvalue weighted by atomic mass is 9.94. The molecule has 0 radical (unpaired) electrons. The number of nitrogens with one attached hydrogen (secondary N) is 2. The molecule has 2 N–H and O–H groups in total. The molecule has 2 fully saturated rings. The van der Waals surface area contributed by atoms with Gasteiger partial charge in [0, 0.05) is 11.1 Å². The maximum Gasteiger partial charge on any atom is 0.230 e. The van der Waals surface area contributed by atoms with Crippen LogP contribution in [0.15, 0.2) is 0 Å². The van der Waals surface area contributed by atoms with Gasteiger partial charge < -0.3 is 10.6 Å². The Hall–Kier alpha value is 0.280. The first kappa shape index (κ1) is 25.5. The van der Waals surface area contributed by atoms with Crippen LogP contribution in [0.1, 0.15) is 68.2 Å². The van der Waals surface area contributed by atoms with E-state index in [-0.39, 0.29) is 46.1 Å². The average molecular weight is 634 g/mol. The van der Waals surface area contributed by atoms with E-state index in [2.05, 4.69) is 111 Å². The lowest BCUT2D eigenvalue weighted by molar-refractivity contribution is -0.409. The standard InChI is InChI=1S/C20H36I2N4O3/c1-17(2)9-13(23-15(27)11-21)19(5,6)25(17)29-26-18(3,4)10-14(20(26,7)8)24-16(28)12-22/h13-14H,9-12H2,1-8H3,(H,23,27)(H,24,28). The largest absolute Gasteiger partial charge is 0.351 e. The van der Waals surface area contributed by atoms with E-state index in [1.807, 2.05) is 10.1 Å². The fourth-order valence-corrected chi connectivity index (χ4v) is 5.38. The van der Waals surface area contributed by atoms with E-state index in [1.165, 1.54) is 0 Å². The molecule has 2 unspecified atom stereocenters. The van der Waals surface area contributed by atoms with Crippen molar-refractivity contribution in [3.8, 4) is 0 Å². The molecule has 7 nitrogen and oxygen atoms in total. The van der Waals surface area contributed by atoms with Crippen LogP contribution in [0.5, 0.6) is 0 Å². The number of carbonyl (C=O) groups is 2. The Morgan fingerprint density at radius 1 is 0.793 bits per heavy atom. The molecule has 2 aliphatic heterocycles. The molecule has 9 heteroatoms. The highest BCUT2D eigenvalue weighted by Crippen LogP contribution is 2.47. The van der Waals surface area contributed by atoms with Crippen LogP contribution >= 0.6 is 45.2 Å². The summed E-state index contributed by atoms with van der Waals surface area (Å²) in [6.07, 6.45) is 1.60. The monoisotopic (exact) mass is 634 g/mol. The van der Waals surface area contributed by atoms with Crippen molar-refractivity contribution in [3.63, 3.8) is 0 Å². The molecule has 29 heavy (non-hydrogen) atoms. The maximum absolute atomic E-state index is 12.1. The van der Waals surface area contributed by atoms with E-state index in [9.17, 15) is 9.59 Å². The Bertz CT molecular complexity index is 598. The number of halogens is 2. The molecule has 2 heterocycles. The molecule has 0 bridgehead atoms. The van der Waals surface area contributed by atoms with Crippen molar-refractivity contribution in [1.82, 2.24) is 20.8 Å². The van der Waals surface area contributed by atoms with E-state index in [0.717, 1.165) is 12.8 Å². The molecule has 0 saturated carbocycles. The summed E-state index contributed by atoms with van der Waals surface area (Å²) in [6.45, 7) is 17.1. The Morgan fingerprint density at radius 3 is 1.38 bits per heavy atom. The molecule has 168 valence electrons. The molecule has 2 saturated heterocycles. The van der Waals surface area contributed by atoms with Crippen molar-refractivity contribution in [2.75, 3.05) is 8.86 Å². The molecule has 2 amide bonds. The Morgan fingerprint density at radius 2 is 1.10 bits per heavy atom. The molecule has 0 spiro atoms. The van der Waals surface area contributed by atoms with Gasteiger partial charge in [-0.1, -0.05) is 45.2 Å². The quantitative estimate of drug-likeness (QED) is 0.347. The van der Waals surface area contributed by atoms with Crippen LogP contribution in [0.2, 0.25) is 0 Å². The minimum Gasteiger partial charge on any atom is -0.351 e. The zero-order chi connectivity index (χ0) is 22.4. The normalized spacial score (nSPS) is 30.3.